The normalized spacial score (nSPS) is 10.2. The highest BCUT2D eigenvalue weighted by molar-refractivity contribution is 5.91. The molecule has 0 fully saturated rings. The van der Waals surface area contributed by atoms with E-state index < -0.39 is 5.97 Å². The van der Waals surface area contributed by atoms with E-state index in [0.717, 1.165) is 6.42 Å². The van der Waals surface area contributed by atoms with E-state index in [2.05, 4.69) is 28.9 Å². The van der Waals surface area contributed by atoms with Gasteiger partial charge in [0.15, 0.2) is 0 Å². The number of carbonyl (C=O) groups excluding carboxylic acids is 2. The maximum atomic E-state index is 11.6. The zero-order chi connectivity index (χ0) is 13.5. The lowest BCUT2D eigenvalue weighted by molar-refractivity contribution is -0.116. The molecule has 1 N–H and O–H groups in total. The van der Waals surface area contributed by atoms with Crippen LogP contribution in [0.15, 0.2) is 18.3 Å². The predicted molar refractivity (Wildman–Crippen MR) is 68.3 cm³/mol. The molecule has 0 radical (unpaired) electrons. The van der Waals surface area contributed by atoms with Gasteiger partial charge in [0.1, 0.15) is 5.69 Å². The summed E-state index contributed by atoms with van der Waals surface area (Å²) in [6.07, 6.45) is 2.77. The van der Waals surface area contributed by atoms with Crippen molar-refractivity contribution in [1.29, 1.82) is 0 Å². The number of carbonyl (C=O) groups is 2. The van der Waals surface area contributed by atoms with Crippen LogP contribution in [0.2, 0.25) is 0 Å². The molecule has 1 amide bonds. The molecule has 0 bridgehead atoms. The Balaban J connectivity index is 2.53. The van der Waals surface area contributed by atoms with Crippen LogP contribution in [-0.2, 0) is 9.53 Å². The van der Waals surface area contributed by atoms with Crippen LogP contribution in [0, 0.1) is 5.92 Å². The molecule has 0 atom stereocenters. The predicted octanol–water partition coefficient (Wildman–Crippen LogP) is 2.24. The summed E-state index contributed by atoms with van der Waals surface area (Å²) in [6.45, 7) is 4.14. The summed E-state index contributed by atoms with van der Waals surface area (Å²) >= 11 is 0. The number of amides is 1. The zero-order valence-corrected chi connectivity index (χ0v) is 10.9. The number of ether oxygens (including phenoxy) is 1. The van der Waals surface area contributed by atoms with Crippen molar-refractivity contribution in [3.05, 3.63) is 24.0 Å². The zero-order valence-electron chi connectivity index (χ0n) is 10.9. The summed E-state index contributed by atoms with van der Waals surface area (Å²) in [7, 11) is 1.30. The SMILES string of the molecule is COC(=O)c1ccc(NC(=O)CCC(C)C)cn1. The summed E-state index contributed by atoms with van der Waals surface area (Å²) in [4.78, 5) is 26.6. The topological polar surface area (TPSA) is 68.3 Å². The number of rotatable bonds is 5. The molecule has 1 aromatic rings. The molecule has 0 saturated carbocycles. The van der Waals surface area contributed by atoms with Gasteiger partial charge in [0.05, 0.1) is 19.0 Å². The first-order valence-corrected chi connectivity index (χ1v) is 5.87. The average Bonchev–Trinajstić information content (AvgIpc) is 2.36. The van der Waals surface area contributed by atoms with E-state index in [-0.39, 0.29) is 11.6 Å². The van der Waals surface area contributed by atoms with Crippen molar-refractivity contribution in [2.45, 2.75) is 26.7 Å². The molecule has 5 heteroatoms. The van der Waals surface area contributed by atoms with E-state index >= 15 is 0 Å². The molecule has 0 aromatic carbocycles. The van der Waals surface area contributed by atoms with Gasteiger partial charge in [-0.15, -0.1) is 0 Å². The van der Waals surface area contributed by atoms with Crippen LogP contribution in [0.25, 0.3) is 0 Å². The van der Waals surface area contributed by atoms with Gasteiger partial charge in [-0.2, -0.15) is 0 Å². The number of aromatic nitrogens is 1. The van der Waals surface area contributed by atoms with E-state index in [0.29, 0.717) is 18.0 Å². The van der Waals surface area contributed by atoms with Gasteiger partial charge < -0.3 is 10.1 Å². The third kappa shape index (κ3) is 4.53. The van der Waals surface area contributed by atoms with Crippen molar-refractivity contribution >= 4 is 17.6 Å². The molecule has 0 aliphatic rings. The Labute approximate surface area is 107 Å². The number of pyridine rings is 1. The van der Waals surface area contributed by atoms with Gasteiger partial charge in [-0.05, 0) is 24.5 Å². The van der Waals surface area contributed by atoms with Gasteiger partial charge in [0, 0.05) is 6.42 Å². The highest BCUT2D eigenvalue weighted by Crippen LogP contribution is 2.09. The Hall–Kier alpha value is -1.91. The summed E-state index contributed by atoms with van der Waals surface area (Å²) in [5.41, 5.74) is 0.800. The van der Waals surface area contributed by atoms with Crippen LogP contribution >= 0.6 is 0 Å². The monoisotopic (exact) mass is 250 g/mol. The summed E-state index contributed by atoms with van der Waals surface area (Å²) < 4.78 is 4.53. The van der Waals surface area contributed by atoms with Crippen LogP contribution in [0.4, 0.5) is 5.69 Å². The fraction of sp³-hybridized carbons (Fsp3) is 0.462. The number of methoxy groups -OCH3 is 1. The molecule has 1 rings (SSSR count). The van der Waals surface area contributed by atoms with Crippen molar-refractivity contribution in [3.8, 4) is 0 Å². The van der Waals surface area contributed by atoms with Crippen molar-refractivity contribution < 1.29 is 14.3 Å². The van der Waals surface area contributed by atoms with E-state index in [1.807, 2.05) is 0 Å². The maximum absolute atomic E-state index is 11.6. The summed E-state index contributed by atoms with van der Waals surface area (Å²) in [6, 6.07) is 3.15. The average molecular weight is 250 g/mol. The molecule has 1 aromatic heterocycles. The van der Waals surface area contributed by atoms with Crippen molar-refractivity contribution in [1.82, 2.24) is 4.98 Å². The second kappa shape index (κ2) is 6.74. The Morgan fingerprint density at radius 1 is 1.39 bits per heavy atom. The number of nitrogens with zero attached hydrogens (tertiary/aromatic N) is 1. The Morgan fingerprint density at radius 3 is 2.61 bits per heavy atom. The second-order valence-corrected chi connectivity index (χ2v) is 4.40. The fourth-order valence-electron chi connectivity index (χ4n) is 1.34. The molecule has 5 nitrogen and oxygen atoms in total. The van der Waals surface area contributed by atoms with Gasteiger partial charge >= 0.3 is 5.97 Å². The van der Waals surface area contributed by atoms with Crippen LogP contribution in [-0.4, -0.2) is 24.0 Å². The van der Waals surface area contributed by atoms with Crippen molar-refractivity contribution in [2.24, 2.45) is 5.92 Å². The number of esters is 1. The molecule has 18 heavy (non-hydrogen) atoms. The van der Waals surface area contributed by atoms with E-state index in [1.54, 1.807) is 6.07 Å². The van der Waals surface area contributed by atoms with Crippen molar-refractivity contribution in [2.75, 3.05) is 12.4 Å². The van der Waals surface area contributed by atoms with E-state index in [4.69, 9.17) is 0 Å². The molecule has 0 spiro atoms. The first-order valence-electron chi connectivity index (χ1n) is 5.87. The highest BCUT2D eigenvalue weighted by atomic mass is 16.5. The largest absolute Gasteiger partial charge is 0.464 e. The lowest BCUT2D eigenvalue weighted by Crippen LogP contribution is -2.13. The van der Waals surface area contributed by atoms with Crippen LogP contribution in [0.1, 0.15) is 37.2 Å². The van der Waals surface area contributed by atoms with Gasteiger partial charge in [-0.25, -0.2) is 9.78 Å². The van der Waals surface area contributed by atoms with Gasteiger partial charge in [-0.1, -0.05) is 13.8 Å². The molecule has 0 unspecified atom stereocenters. The summed E-state index contributed by atoms with van der Waals surface area (Å²) in [5, 5.41) is 2.73. The molecule has 0 saturated heterocycles. The van der Waals surface area contributed by atoms with Gasteiger partial charge in [-0.3, -0.25) is 4.79 Å². The number of hydrogen-bond donors (Lipinski definition) is 1. The lowest BCUT2D eigenvalue weighted by Gasteiger charge is -2.06. The quantitative estimate of drug-likeness (QED) is 0.814. The smallest absolute Gasteiger partial charge is 0.356 e. The number of anilines is 1. The minimum absolute atomic E-state index is 0.0451. The highest BCUT2D eigenvalue weighted by Gasteiger charge is 2.08. The fourth-order valence-corrected chi connectivity index (χ4v) is 1.34. The Kier molecular flexibility index (Phi) is 5.30. The lowest BCUT2D eigenvalue weighted by atomic mass is 10.1. The third-order valence-corrected chi connectivity index (χ3v) is 2.39. The van der Waals surface area contributed by atoms with Crippen LogP contribution in [0.5, 0.6) is 0 Å². The number of hydrogen-bond acceptors (Lipinski definition) is 4. The van der Waals surface area contributed by atoms with Crippen molar-refractivity contribution in [3.63, 3.8) is 0 Å². The molecular weight excluding hydrogens is 232 g/mol. The molecule has 0 aliphatic heterocycles. The van der Waals surface area contributed by atoms with Crippen LogP contribution < -0.4 is 5.32 Å². The Morgan fingerprint density at radius 2 is 2.11 bits per heavy atom. The Bertz CT molecular complexity index is 413. The molecule has 98 valence electrons. The number of nitrogens with one attached hydrogen (secondary N) is 1. The minimum atomic E-state index is -0.493. The first-order chi connectivity index (χ1) is 8.52. The molecule has 1 heterocycles. The third-order valence-electron chi connectivity index (χ3n) is 2.39. The van der Waals surface area contributed by atoms with E-state index in [9.17, 15) is 9.59 Å². The first kappa shape index (κ1) is 14.2. The van der Waals surface area contributed by atoms with E-state index in [1.165, 1.54) is 19.4 Å². The van der Waals surface area contributed by atoms with Gasteiger partial charge in [0.25, 0.3) is 0 Å². The van der Waals surface area contributed by atoms with Crippen LogP contribution in [0.3, 0.4) is 0 Å². The standard InChI is InChI=1S/C13H18N2O3/c1-9(2)4-7-12(16)15-10-5-6-11(14-8-10)13(17)18-3/h5-6,8-9H,4,7H2,1-3H3,(H,15,16). The molecular formula is C13H18N2O3. The molecule has 0 aliphatic carbocycles. The maximum Gasteiger partial charge on any atom is 0.356 e. The minimum Gasteiger partial charge on any atom is -0.464 e. The summed E-state index contributed by atoms with van der Waals surface area (Å²) in [5.74, 6) is -0.0421. The van der Waals surface area contributed by atoms with Gasteiger partial charge in [0.2, 0.25) is 5.91 Å². The second-order valence-electron chi connectivity index (χ2n) is 4.40.